The summed E-state index contributed by atoms with van der Waals surface area (Å²) in [6.45, 7) is 14.2. The first-order valence-electron chi connectivity index (χ1n) is 19.4. The van der Waals surface area contributed by atoms with Crippen LogP contribution in [0, 0.1) is 0 Å². The topological polar surface area (TPSA) is 20.1 Å². The van der Waals surface area contributed by atoms with Crippen LogP contribution in [0.1, 0.15) is 50.8 Å². The summed E-state index contributed by atoms with van der Waals surface area (Å²) in [6.07, 6.45) is 26.9. The fourth-order valence-corrected chi connectivity index (χ4v) is 8.60. The number of nitrogens with zero attached hydrogens (tertiary/aromatic N) is 6. The summed E-state index contributed by atoms with van der Waals surface area (Å²) in [5.41, 5.74) is 7.92. The summed E-state index contributed by atoms with van der Waals surface area (Å²) in [4.78, 5) is 12.2. The van der Waals surface area contributed by atoms with Gasteiger partial charge in [-0.05, 0) is 114 Å². The number of benzene rings is 1. The third-order valence-electron chi connectivity index (χ3n) is 9.95. The Morgan fingerprint density at radius 3 is 2.08 bits per heavy atom. The smallest absolute Gasteiger partial charge is 0.205 e. The van der Waals surface area contributed by atoms with Gasteiger partial charge in [-0.1, -0.05) is 64.1 Å². The molecule has 282 valence electrons. The lowest BCUT2D eigenvalue weighted by atomic mass is 10.0. The average molecular weight is 742 g/mol. The van der Waals surface area contributed by atoms with E-state index in [2.05, 4.69) is 174 Å². The lowest BCUT2D eigenvalue weighted by Gasteiger charge is -2.26. The third kappa shape index (κ3) is 14.7. The first-order valence-corrected chi connectivity index (χ1v) is 21.8. The Labute approximate surface area is 324 Å². The fourth-order valence-electron chi connectivity index (χ4n) is 6.44. The molecule has 0 fully saturated rings. The van der Waals surface area contributed by atoms with Crippen LogP contribution in [0.25, 0.3) is 12.2 Å². The van der Waals surface area contributed by atoms with Crippen molar-refractivity contribution < 1.29 is 4.57 Å². The molecule has 0 radical (unpaired) electrons. The number of aromatic nitrogens is 1. The molecule has 52 heavy (non-hydrogen) atoms. The second-order valence-electron chi connectivity index (χ2n) is 13.9. The van der Waals surface area contributed by atoms with Gasteiger partial charge in [0.05, 0.1) is 0 Å². The Balaban J connectivity index is 1.00. The lowest BCUT2D eigenvalue weighted by molar-refractivity contribution is -0.695. The number of rotatable bonds is 23. The van der Waals surface area contributed by atoms with Gasteiger partial charge in [-0.3, -0.25) is 0 Å². The molecule has 6 nitrogen and oxygen atoms in total. The van der Waals surface area contributed by atoms with Crippen LogP contribution >= 0.6 is 21.6 Å². The van der Waals surface area contributed by atoms with E-state index in [1.54, 1.807) is 0 Å². The lowest BCUT2D eigenvalue weighted by Crippen LogP contribution is -2.34. The van der Waals surface area contributed by atoms with Gasteiger partial charge in [0, 0.05) is 100 Å². The van der Waals surface area contributed by atoms with Crippen molar-refractivity contribution in [3.05, 3.63) is 119 Å². The molecule has 2 aromatic rings. The summed E-state index contributed by atoms with van der Waals surface area (Å²) in [6, 6.07) is 15.3. The van der Waals surface area contributed by atoms with Gasteiger partial charge < -0.3 is 24.5 Å². The van der Waals surface area contributed by atoms with Crippen LogP contribution in [0.4, 0.5) is 5.69 Å². The van der Waals surface area contributed by atoms with Gasteiger partial charge in [0.25, 0.3) is 0 Å². The normalized spacial score (nSPS) is 14.8. The first-order chi connectivity index (χ1) is 25.4. The molecule has 1 aliphatic carbocycles. The summed E-state index contributed by atoms with van der Waals surface area (Å²) in [7, 11) is 13.0. The highest BCUT2D eigenvalue weighted by Crippen LogP contribution is 2.23. The van der Waals surface area contributed by atoms with E-state index >= 15 is 0 Å². The highest BCUT2D eigenvalue weighted by atomic mass is 33.1. The number of aryl methyl sites for hydroxylation is 1. The molecule has 0 spiro atoms. The van der Waals surface area contributed by atoms with Crippen molar-refractivity contribution in [1.82, 2.24) is 19.6 Å². The van der Waals surface area contributed by atoms with E-state index in [1.807, 2.05) is 21.6 Å². The van der Waals surface area contributed by atoms with Crippen molar-refractivity contribution in [2.75, 3.05) is 97.0 Å². The van der Waals surface area contributed by atoms with Gasteiger partial charge in [0.1, 0.15) is 6.54 Å². The number of hydrogen-bond donors (Lipinski definition) is 0. The number of hydrogen-bond acceptors (Lipinski definition) is 7. The minimum absolute atomic E-state index is 0.991. The van der Waals surface area contributed by atoms with E-state index in [0.29, 0.717) is 0 Å². The monoisotopic (exact) mass is 741 g/mol. The molecule has 0 atom stereocenters. The molecule has 0 N–H and O–H groups in total. The number of anilines is 1. The SMILES string of the molecule is CCN1CC=CC=C1/C=C/c1ccc(N(C)CCCN(C)CCSSCCN(C)CCCN(C)C2=CC=C(/C=C/c3cccc[n+]3CC)CC2)cc1. The summed E-state index contributed by atoms with van der Waals surface area (Å²) >= 11 is 0. The summed E-state index contributed by atoms with van der Waals surface area (Å²) < 4.78 is 2.28. The van der Waals surface area contributed by atoms with Crippen LogP contribution in [0.5, 0.6) is 0 Å². The van der Waals surface area contributed by atoms with Crippen molar-refractivity contribution >= 4 is 39.4 Å². The average Bonchev–Trinajstić information content (AvgIpc) is 3.18. The van der Waals surface area contributed by atoms with Crippen LogP contribution < -0.4 is 9.47 Å². The van der Waals surface area contributed by atoms with Crippen molar-refractivity contribution in [3.8, 4) is 0 Å². The van der Waals surface area contributed by atoms with Crippen molar-refractivity contribution in [1.29, 1.82) is 0 Å². The Morgan fingerprint density at radius 1 is 0.712 bits per heavy atom. The highest BCUT2D eigenvalue weighted by Gasteiger charge is 2.11. The molecule has 2 aliphatic rings. The van der Waals surface area contributed by atoms with Crippen molar-refractivity contribution in [2.24, 2.45) is 0 Å². The molecular weight excluding hydrogens is 677 g/mol. The van der Waals surface area contributed by atoms with Gasteiger partial charge in [0.2, 0.25) is 5.69 Å². The van der Waals surface area contributed by atoms with Gasteiger partial charge in [-0.25, -0.2) is 0 Å². The van der Waals surface area contributed by atoms with E-state index in [0.717, 1.165) is 71.7 Å². The van der Waals surface area contributed by atoms with Crippen LogP contribution in [0.15, 0.2) is 108 Å². The fraction of sp³-hybridized carbons (Fsp3) is 0.477. The van der Waals surface area contributed by atoms with E-state index < -0.39 is 0 Å². The van der Waals surface area contributed by atoms with Gasteiger partial charge in [0.15, 0.2) is 6.20 Å². The van der Waals surface area contributed by atoms with E-state index in [-0.39, 0.29) is 0 Å². The predicted octanol–water partition coefficient (Wildman–Crippen LogP) is 8.49. The van der Waals surface area contributed by atoms with Crippen LogP contribution in [-0.4, -0.2) is 112 Å². The van der Waals surface area contributed by atoms with E-state index in [9.17, 15) is 0 Å². The second kappa shape index (κ2) is 23.5. The third-order valence-corrected chi connectivity index (χ3v) is 12.3. The molecule has 1 aromatic carbocycles. The summed E-state index contributed by atoms with van der Waals surface area (Å²) in [5.74, 6) is 2.36. The Morgan fingerprint density at radius 2 is 1.42 bits per heavy atom. The molecule has 8 heteroatoms. The van der Waals surface area contributed by atoms with Gasteiger partial charge in [-0.15, -0.1) is 0 Å². The standard InChI is InChI=1S/C44H65N6S2/c1-7-49-33-11-9-15-43(49)27-21-39-17-23-41(24-18-39)47(5)31-13-29-45(3)35-37-51-52-38-36-46(4)30-14-32-48(6)42-25-19-40(20-26-42)22-28-44-16-10-12-34-50(44)8-2/h9-12,15-19,21-25,27-28,34H,7-8,13-14,20,26,29-33,35-38H2,1-6H3/q+1/b27-21+. The Bertz CT molecular complexity index is 1530. The number of likely N-dealkylation sites (N-methyl/N-ethyl adjacent to an activating group) is 1. The van der Waals surface area contributed by atoms with E-state index in [4.69, 9.17) is 0 Å². The number of allylic oxidation sites excluding steroid dienone is 8. The molecule has 1 aromatic heterocycles. The molecule has 0 bridgehead atoms. The molecular formula is C44H65N6S2+. The first kappa shape index (κ1) is 41.6. The maximum Gasteiger partial charge on any atom is 0.205 e. The quantitative estimate of drug-likeness (QED) is 0.0639. The zero-order valence-electron chi connectivity index (χ0n) is 32.9. The predicted molar refractivity (Wildman–Crippen MR) is 232 cm³/mol. The molecule has 1 aliphatic heterocycles. The van der Waals surface area contributed by atoms with Crippen molar-refractivity contribution in [3.63, 3.8) is 0 Å². The molecule has 0 amide bonds. The summed E-state index contributed by atoms with van der Waals surface area (Å²) in [5, 5.41) is 0. The zero-order chi connectivity index (χ0) is 37.0. The largest absolute Gasteiger partial charge is 0.378 e. The van der Waals surface area contributed by atoms with E-state index in [1.165, 1.54) is 58.3 Å². The Kier molecular flexibility index (Phi) is 18.8. The highest BCUT2D eigenvalue weighted by molar-refractivity contribution is 8.76. The van der Waals surface area contributed by atoms with Crippen LogP contribution in [0.2, 0.25) is 0 Å². The Hall–Kier alpha value is -3.17. The van der Waals surface area contributed by atoms with Gasteiger partial charge in [-0.2, -0.15) is 4.57 Å². The minimum atomic E-state index is 0.991. The molecule has 0 unspecified atom stereocenters. The molecule has 2 heterocycles. The number of pyridine rings is 1. The minimum Gasteiger partial charge on any atom is -0.378 e. The molecule has 0 saturated heterocycles. The van der Waals surface area contributed by atoms with Crippen molar-refractivity contribution in [2.45, 2.75) is 46.1 Å². The maximum absolute atomic E-state index is 2.49. The molecule has 4 rings (SSSR count). The zero-order valence-corrected chi connectivity index (χ0v) is 34.6. The van der Waals surface area contributed by atoms with Crippen LogP contribution in [-0.2, 0) is 6.54 Å². The van der Waals surface area contributed by atoms with Crippen LogP contribution in [0.3, 0.4) is 0 Å². The van der Waals surface area contributed by atoms with Gasteiger partial charge >= 0.3 is 0 Å². The molecule has 0 saturated carbocycles. The maximum atomic E-state index is 2.49. The second-order valence-corrected chi connectivity index (χ2v) is 16.6.